The monoisotopic (exact) mass is 707 g/mol. The van der Waals surface area contributed by atoms with E-state index in [1.807, 2.05) is 47.2 Å². The number of aromatic nitrogens is 1. The van der Waals surface area contributed by atoms with Crippen LogP contribution >= 0.6 is 47.4 Å². The van der Waals surface area contributed by atoms with E-state index in [2.05, 4.69) is 30.2 Å². The van der Waals surface area contributed by atoms with Crippen LogP contribution in [0.2, 0.25) is 0 Å². The van der Waals surface area contributed by atoms with Gasteiger partial charge in [0.1, 0.15) is 11.6 Å². The molecule has 44 heavy (non-hydrogen) atoms. The van der Waals surface area contributed by atoms with Crippen molar-refractivity contribution in [3.8, 4) is 5.69 Å². The number of para-hydroxylation sites is 4. The molecule has 1 heterocycles. The molecule has 0 aliphatic heterocycles. The van der Waals surface area contributed by atoms with Crippen molar-refractivity contribution >= 4 is 98.5 Å². The minimum Gasteiger partial charge on any atom is -0.411 e. The molecule has 3 aromatic carbocycles. The van der Waals surface area contributed by atoms with Crippen LogP contribution in [0.25, 0.3) is 5.69 Å². The summed E-state index contributed by atoms with van der Waals surface area (Å²) in [5, 5.41) is 4.74. The van der Waals surface area contributed by atoms with Gasteiger partial charge < -0.3 is 53.1 Å². The van der Waals surface area contributed by atoms with Gasteiger partial charge in [-0.05, 0) is 68.5 Å². The summed E-state index contributed by atoms with van der Waals surface area (Å²) in [4.78, 5) is 9.68. The third-order valence-corrected chi connectivity index (χ3v) is 6.37. The van der Waals surface area contributed by atoms with Crippen molar-refractivity contribution in [1.29, 1.82) is 0 Å². The number of aryl methyl sites for hydroxylation is 1. The smallest absolute Gasteiger partial charge is 0.165 e. The van der Waals surface area contributed by atoms with E-state index < -0.39 is 0 Å². The Balaban J connectivity index is -0.000000516. The number of anilines is 5. The second kappa shape index (κ2) is 26.0. The highest BCUT2D eigenvalue weighted by atomic mass is 35.5. The van der Waals surface area contributed by atoms with E-state index in [1.54, 1.807) is 24.3 Å². The van der Waals surface area contributed by atoms with Crippen molar-refractivity contribution in [2.75, 3.05) is 48.5 Å². The first-order valence-electron chi connectivity index (χ1n) is 11.8. The molecule has 0 fully saturated rings. The number of nitrogens with one attached hydrogen (secondary N) is 1. The number of Topliss-reactive ketones (excluding diaryl/α,β-unsaturated/α-hetero) is 1. The van der Waals surface area contributed by atoms with Crippen LogP contribution in [-0.4, -0.2) is 34.9 Å². The highest BCUT2D eigenvalue weighted by Gasteiger charge is 2.07. The summed E-state index contributed by atoms with van der Waals surface area (Å²) in [7, 11) is 1.00. The number of hydrogen-bond donors (Lipinski definition) is 5. The molecule has 7 nitrogen and oxygen atoms in total. The van der Waals surface area contributed by atoms with Gasteiger partial charge in [-0.2, -0.15) is 0 Å². The lowest BCUT2D eigenvalue weighted by Gasteiger charge is -2.10. The van der Waals surface area contributed by atoms with Crippen LogP contribution in [0.3, 0.4) is 0 Å². The van der Waals surface area contributed by atoms with Crippen molar-refractivity contribution in [1.82, 2.24) is 4.57 Å². The van der Waals surface area contributed by atoms with Gasteiger partial charge in [0.15, 0.2) is 3.95 Å². The zero-order valence-corrected chi connectivity index (χ0v) is 28.0. The number of alkyl halides is 3. The molecule has 0 saturated heterocycles. The average molecular weight is 708 g/mol. The predicted octanol–water partition coefficient (Wildman–Crippen LogP) is 8.28. The van der Waals surface area contributed by atoms with Crippen molar-refractivity contribution < 1.29 is 18.0 Å². The van der Waals surface area contributed by atoms with Crippen LogP contribution in [0, 0.1) is 16.7 Å². The lowest BCUT2D eigenvalue weighted by atomic mass is 10.2. The number of nitrogens with zero attached hydrogens (tertiary/aromatic N) is 1. The third-order valence-electron chi connectivity index (χ3n) is 4.48. The Hall–Kier alpha value is -3.43. The summed E-state index contributed by atoms with van der Waals surface area (Å²) in [6, 6.07) is 18.9. The highest BCUT2D eigenvalue weighted by Crippen LogP contribution is 2.23. The Morgan fingerprint density at radius 3 is 1.73 bits per heavy atom. The van der Waals surface area contributed by atoms with Crippen LogP contribution < -0.4 is 28.3 Å². The normalized spacial score (nSPS) is 8.64. The zero-order valence-electron chi connectivity index (χ0n) is 23.9. The average Bonchev–Trinajstić information content (AvgIpc) is 3.32. The number of halogens is 4. The van der Waals surface area contributed by atoms with Gasteiger partial charge in [-0.25, -0.2) is 4.39 Å². The van der Waals surface area contributed by atoms with Crippen molar-refractivity contribution in [3.05, 3.63) is 87.6 Å². The summed E-state index contributed by atoms with van der Waals surface area (Å²) in [5.74, 6) is -0.178. The lowest BCUT2D eigenvalue weighted by molar-refractivity contribution is -0.114. The standard InChI is InChI=1S/C10H9FN2S2.C7H8N2S2.C6H8N2.C3H5ClO.2CH3F.CH4/c1-6-5-15-10(14)13(6)9-3-2-7(11)4-8(9)12;8-5-3-1-2-4-6(5)9-7(10)11;7-5-3-1-2-4-6(5)8;1-3(5)2-4;2*1-2;/h2-5H,12H2,1H3;1-4H,8H2,(H2,9,10,11);1-4H,7-8H2;2H2,1H3;2*1H3;1H4/p-1. The Labute approximate surface area is 282 Å². The molecule has 244 valence electrons. The molecular formula is C29H39ClF3N6OS4-. The molecule has 0 aliphatic rings. The number of hydrogen-bond acceptors (Lipinski definition) is 9. The molecule has 0 radical (unpaired) electrons. The van der Waals surface area contributed by atoms with Crippen molar-refractivity contribution in [2.24, 2.45) is 0 Å². The van der Waals surface area contributed by atoms with E-state index in [-0.39, 0.29) is 24.9 Å². The number of rotatable bonds is 3. The molecular weight excluding hydrogens is 669 g/mol. The molecule has 1 aromatic heterocycles. The van der Waals surface area contributed by atoms with Gasteiger partial charge in [0, 0.05) is 11.1 Å². The molecule has 15 heteroatoms. The summed E-state index contributed by atoms with van der Waals surface area (Å²) in [6.45, 7) is 3.39. The van der Waals surface area contributed by atoms with E-state index in [9.17, 15) is 18.0 Å². The van der Waals surface area contributed by atoms with Crippen LogP contribution in [0.15, 0.2) is 72.1 Å². The fourth-order valence-corrected chi connectivity index (χ4v) is 3.97. The van der Waals surface area contributed by atoms with E-state index in [0.29, 0.717) is 45.4 Å². The van der Waals surface area contributed by atoms with E-state index in [0.717, 1.165) is 17.1 Å². The van der Waals surface area contributed by atoms with Crippen LogP contribution in [0.4, 0.5) is 41.6 Å². The SMILES string of the molecule is C.CC(=O)CCl.CF.CF.Cc1csc(=S)n1-c1ccc(F)cc1N.Nc1ccccc1N.Nc1ccccc1NC(=S)[S-]. The fourth-order valence-electron chi connectivity index (χ4n) is 2.63. The Morgan fingerprint density at radius 1 is 0.932 bits per heavy atom. The summed E-state index contributed by atoms with van der Waals surface area (Å²) in [5.41, 5.74) is 27.0. The van der Waals surface area contributed by atoms with E-state index in [1.165, 1.54) is 30.4 Å². The van der Waals surface area contributed by atoms with E-state index in [4.69, 9.17) is 46.8 Å². The number of nitrogen functional groups attached to an aromatic ring is 4. The molecule has 4 rings (SSSR count). The molecule has 0 spiro atoms. The largest absolute Gasteiger partial charge is 0.411 e. The maximum Gasteiger partial charge on any atom is 0.165 e. The minimum atomic E-state index is -0.337. The molecule has 0 atom stereocenters. The van der Waals surface area contributed by atoms with Gasteiger partial charge in [-0.1, -0.05) is 36.0 Å². The van der Waals surface area contributed by atoms with Crippen molar-refractivity contribution in [2.45, 2.75) is 21.3 Å². The van der Waals surface area contributed by atoms with Crippen LogP contribution in [0.1, 0.15) is 20.0 Å². The first-order valence-corrected chi connectivity index (χ1v) is 14.5. The van der Waals surface area contributed by atoms with Gasteiger partial charge >= 0.3 is 0 Å². The topological polar surface area (TPSA) is 138 Å². The van der Waals surface area contributed by atoms with Crippen LogP contribution in [-0.2, 0) is 17.4 Å². The number of thiocarbonyl (C=S) groups is 1. The quantitative estimate of drug-likeness (QED) is 0.0616. The Bertz CT molecular complexity index is 1430. The molecule has 0 amide bonds. The zero-order chi connectivity index (χ0) is 33.5. The maximum atomic E-state index is 12.9. The number of benzene rings is 3. The summed E-state index contributed by atoms with van der Waals surface area (Å²) in [6.07, 6.45) is 0. The second-order valence-corrected chi connectivity index (χ2v) is 10.5. The molecule has 0 unspecified atom stereocenters. The van der Waals surface area contributed by atoms with Gasteiger partial charge in [-0.3, -0.25) is 18.1 Å². The number of carbonyl (C=O) groups excluding carboxylic acids is 1. The molecule has 9 N–H and O–H groups in total. The molecule has 0 saturated carbocycles. The van der Waals surface area contributed by atoms with Gasteiger partial charge in [0.2, 0.25) is 0 Å². The molecule has 0 aliphatic carbocycles. The molecule has 0 bridgehead atoms. The first kappa shape index (κ1) is 45.0. The third kappa shape index (κ3) is 18.3. The molecule has 4 aromatic rings. The van der Waals surface area contributed by atoms with E-state index >= 15 is 0 Å². The Kier molecular flexibility index (Phi) is 26.6. The first-order chi connectivity index (χ1) is 20.4. The minimum absolute atomic E-state index is 0. The lowest BCUT2D eigenvalue weighted by Crippen LogP contribution is -2.06. The van der Waals surface area contributed by atoms with Gasteiger partial charge in [0.05, 0.1) is 54.4 Å². The number of carbonyl (C=O) groups is 1. The number of nitrogens with two attached hydrogens (primary N) is 4. The number of thiazole rings is 1. The highest BCUT2D eigenvalue weighted by molar-refractivity contribution is 8.00. The van der Waals surface area contributed by atoms with Crippen LogP contribution in [0.5, 0.6) is 0 Å². The predicted molar refractivity (Wildman–Crippen MR) is 195 cm³/mol. The number of ketones is 1. The van der Waals surface area contributed by atoms with Gasteiger partial charge in [0.25, 0.3) is 0 Å². The fraction of sp³-hybridized carbons (Fsp3) is 0.207. The summed E-state index contributed by atoms with van der Waals surface area (Å²) < 4.78 is 34.7. The maximum absolute atomic E-state index is 12.9. The Morgan fingerprint density at radius 2 is 1.39 bits per heavy atom. The van der Waals surface area contributed by atoms with Gasteiger partial charge in [-0.15, -0.1) is 22.9 Å². The second-order valence-electron chi connectivity index (χ2n) is 7.65. The summed E-state index contributed by atoms with van der Waals surface area (Å²) >= 11 is 21.0. The van der Waals surface area contributed by atoms with Crippen molar-refractivity contribution in [3.63, 3.8) is 0 Å².